The molecule has 0 radical (unpaired) electrons. The first-order chi connectivity index (χ1) is 4.04. The van der Waals surface area contributed by atoms with Crippen LogP contribution in [0.5, 0.6) is 0 Å². The molecule has 0 spiro atoms. The third kappa shape index (κ3) is 3.97. The molecule has 0 aromatic carbocycles. The Morgan fingerprint density at radius 3 is 2.22 bits per heavy atom. The van der Waals surface area contributed by atoms with Crippen molar-refractivity contribution in [2.75, 3.05) is 0 Å². The minimum absolute atomic E-state index is 0.357. The van der Waals surface area contributed by atoms with Gasteiger partial charge in [-0.15, -0.1) is 0 Å². The molecule has 0 aromatic heterocycles. The van der Waals surface area contributed by atoms with Gasteiger partial charge in [0, 0.05) is 0 Å². The van der Waals surface area contributed by atoms with Crippen LogP contribution >= 0.6 is 0 Å². The summed E-state index contributed by atoms with van der Waals surface area (Å²) in [5.41, 5.74) is 5.22. The number of nitrogens with two attached hydrogens (primary N) is 1. The maximum atomic E-state index is 10.1. The van der Waals surface area contributed by atoms with Crippen LogP contribution < -0.4 is 5.73 Å². The van der Waals surface area contributed by atoms with Crippen LogP contribution in [0, 0.1) is 5.92 Å². The number of carboxylic acids is 1. The topological polar surface area (TPSA) is 63.3 Å². The highest BCUT2D eigenvalue weighted by Crippen LogP contribution is 2.01. The lowest BCUT2D eigenvalue weighted by Crippen LogP contribution is -2.31. The van der Waals surface area contributed by atoms with Gasteiger partial charge in [-0.3, -0.25) is 4.79 Å². The van der Waals surface area contributed by atoms with E-state index < -0.39 is 12.0 Å². The van der Waals surface area contributed by atoms with Crippen molar-refractivity contribution in [1.82, 2.24) is 0 Å². The molecule has 0 bridgehead atoms. The van der Waals surface area contributed by atoms with E-state index >= 15 is 0 Å². The molecule has 0 amide bonds. The molecule has 0 rings (SSSR count). The lowest BCUT2D eigenvalue weighted by atomic mass is 10.3. The van der Waals surface area contributed by atoms with Crippen molar-refractivity contribution in [3.8, 4) is 0 Å². The summed E-state index contributed by atoms with van der Waals surface area (Å²) in [6.07, 6.45) is 0.551. The molecule has 0 saturated heterocycles. The lowest BCUT2D eigenvalue weighted by Gasteiger charge is -2.07. The van der Waals surface area contributed by atoms with Crippen LogP contribution in [-0.2, 0) is 4.79 Å². The third-order valence-electron chi connectivity index (χ3n) is 1.04. The minimum atomic E-state index is -0.913. The van der Waals surface area contributed by atoms with Crippen molar-refractivity contribution in [2.24, 2.45) is 11.7 Å². The van der Waals surface area contributed by atoms with Crippen molar-refractivity contribution >= 4 is 5.97 Å². The highest BCUT2D eigenvalue weighted by Gasteiger charge is 2.11. The molecule has 9 heavy (non-hydrogen) atoms. The largest absolute Gasteiger partial charge is 0.480 e. The Balaban J connectivity index is 3.50. The fourth-order valence-corrected chi connectivity index (χ4v) is 0.609. The van der Waals surface area contributed by atoms with Crippen LogP contribution in [0.4, 0.5) is 0 Å². The second-order valence-corrected chi connectivity index (χ2v) is 2.57. The molecule has 3 heteroatoms. The lowest BCUT2D eigenvalue weighted by molar-refractivity contribution is -0.138. The number of carboxylic acid groups (broad SMARTS) is 1. The normalized spacial score (nSPS) is 16.8. The standard InChI is InChI=1S/C6H13NO2/c1-4(2)3-5(7)6(8)9/h4-5H,3,7H2,1-2H3,(H,8,9)/t5-/m0/s1/i1+1,4+1/t4?,5-. The second-order valence-electron chi connectivity index (χ2n) is 2.57. The molecule has 3 N–H and O–H groups in total. The zero-order chi connectivity index (χ0) is 7.44. The zero-order valence-corrected chi connectivity index (χ0v) is 5.79. The maximum Gasteiger partial charge on any atom is 0.320 e. The molecule has 0 aromatic rings. The Hall–Kier alpha value is -0.570. The average molecular weight is 133 g/mol. The number of hydrogen-bond donors (Lipinski definition) is 2. The smallest absolute Gasteiger partial charge is 0.320 e. The molecule has 0 fully saturated rings. The highest BCUT2D eigenvalue weighted by atomic mass is 16.4. The van der Waals surface area contributed by atoms with Crippen LogP contribution in [0.15, 0.2) is 0 Å². The van der Waals surface area contributed by atoms with Crippen molar-refractivity contribution in [3.63, 3.8) is 0 Å². The van der Waals surface area contributed by atoms with Gasteiger partial charge in [-0.2, -0.15) is 0 Å². The van der Waals surface area contributed by atoms with Crippen molar-refractivity contribution in [2.45, 2.75) is 26.3 Å². The number of rotatable bonds is 3. The summed E-state index contributed by atoms with van der Waals surface area (Å²) in [5.74, 6) is -0.556. The van der Waals surface area contributed by atoms with Crippen molar-refractivity contribution < 1.29 is 9.90 Å². The summed E-state index contributed by atoms with van der Waals surface area (Å²) < 4.78 is 0. The molecule has 0 heterocycles. The number of carbonyl (C=O) groups is 1. The zero-order valence-electron chi connectivity index (χ0n) is 5.79. The van der Waals surface area contributed by atoms with Gasteiger partial charge in [0.05, 0.1) is 0 Å². The van der Waals surface area contributed by atoms with Crippen LogP contribution in [0.3, 0.4) is 0 Å². The Morgan fingerprint density at radius 1 is 1.67 bits per heavy atom. The highest BCUT2D eigenvalue weighted by molar-refractivity contribution is 5.72. The van der Waals surface area contributed by atoms with E-state index in [0.717, 1.165) is 0 Å². The van der Waals surface area contributed by atoms with E-state index in [2.05, 4.69) is 0 Å². The van der Waals surface area contributed by atoms with E-state index in [1.54, 1.807) is 0 Å². The Bertz CT molecular complexity index is 101. The summed E-state index contributed by atoms with van der Waals surface area (Å²) in [7, 11) is 0. The molecule has 2 atom stereocenters. The average Bonchev–Trinajstić information content (AvgIpc) is 1.63. The summed E-state index contributed by atoms with van der Waals surface area (Å²) in [5, 5.41) is 8.31. The Morgan fingerprint density at radius 2 is 2.11 bits per heavy atom. The van der Waals surface area contributed by atoms with Gasteiger partial charge in [-0.1, -0.05) is 13.8 Å². The van der Waals surface area contributed by atoms with Crippen LogP contribution in [-0.4, -0.2) is 17.1 Å². The third-order valence-corrected chi connectivity index (χ3v) is 1.04. The Labute approximate surface area is 54.9 Å². The van der Waals surface area contributed by atoms with Gasteiger partial charge in [-0.05, 0) is 12.3 Å². The summed E-state index contributed by atoms with van der Waals surface area (Å²) in [6, 6.07) is -0.690. The molecule has 0 saturated carbocycles. The maximum absolute atomic E-state index is 10.1. The van der Waals surface area contributed by atoms with Crippen LogP contribution in [0.1, 0.15) is 20.3 Å². The molecule has 0 aliphatic carbocycles. The minimum Gasteiger partial charge on any atom is -0.480 e. The van der Waals surface area contributed by atoms with Gasteiger partial charge in [0.15, 0.2) is 0 Å². The molecular weight excluding hydrogens is 120 g/mol. The first kappa shape index (κ1) is 8.43. The van der Waals surface area contributed by atoms with Gasteiger partial charge in [0.25, 0.3) is 0 Å². The van der Waals surface area contributed by atoms with Gasteiger partial charge in [-0.25, -0.2) is 0 Å². The predicted octanol–water partition coefficient (Wildman–Crippen LogP) is 0.444. The first-order valence-electron chi connectivity index (χ1n) is 3.02. The molecule has 0 aliphatic heterocycles. The van der Waals surface area contributed by atoms with E-state index in [4.69, 9.17) is 10.8 Å². The van der Waals surface area contributed by atoms with E-state index in [9.17, 15) is 4.79 Å². The van der Waals surface area contributed by atoms with E-state index in [-0.39, 0.29) is 0 Å². The van der Waals surface area contributed by atoms with Crippen molar-refractivity contribution in [1.29, 1.82) is 0 Å². The molecule has 1 unspecified atom stereocenters. The van der Waals surface area contributed by atoms with Gasteiger partial charge < -0.3 is 10.8 Å². The summed E-state index contributed by atoms with van der Waals surface area (Å²) in [4.78, 5) is 10.1. The quantitative estimate of drug-likeness (QED) is 0.549. The molecular formula is C6H13NO2. The monoisotopic (exact) mass is 133 g/mol. The number of hydrogen-bond acceptors (Lipinski definition) is 2. The fraction of sp³-hybridized carbons (Fsp3) is 0.833. The van der Waals surface area contributed by atoms with Crippen LogP contribution in [0.25, 0.3) is 0 Å². The van der Waals surface area contributed by atoms with Gasteiger partial charge in [0.2, 0.25) is 0 Å². The van der Waals surface area contributed by atoms with Crippen LogP contribution in [0.2, 0.25) is 0 Å². The molecule has 3 nitrogen and oxygen atoms in total. The van der Waals surface area contributed by atoms with Gasteiger partial charge in [0.1, 0.15) is 6.04 Å². The predicted molar refractivity (Wildman–Crippen MR) is 35.1 cm³/mol. The van der Waals surface area contributed by atoms with E-state index in [0.29, 0.717) is 12.3 Å². The first-order valence-corrected chi connectivity index (χ1v) is 3.02. The SMILES string of the molecule is C[13CH]([13CH3])C[C@H](N)C(=O)O. The van der Waals surface area contributed by atoms with Crippen molar-refractivity contribution in [3.05, 3.63) is 0 Å². The fourth-order valence-electron chi connectivity index (χ4n) is 0.609. The summed E-state index contributed by atoms with van der Waals surface area (Å²) >= 11 is 0. The van der Waals surface area contributed by atoms with Gasteiger partial charge >= 0.3 is 5.97 Å². The summed E-state index contributed by atoms with van der Waals surface area (Å²) in [6.45, 7) is 3.89. The van der Waals surface area contributed by atoms with E-state index in [1.165, 1.54) is 0 Å². The number of aliphatic carboxylic acids is 1. The second kappa shape index (κ2) is 3.45. The van der Waals surface area contributed by atoms with E-state index in [1.807, 2.05) is 13.8 Å². The molecule has 0 aliphatic rings. The molecule has 54 valence electrons. The Kier molecular flexibility index (Phi) is 3.24.